The Hall–Kier alpha value is -0.800. The normalized spacial score (nSPS) is 15.4. The zero-order valence-corrected chi connectivity index (χ0v) is 9.85. The van der Waals surface area contributed by atoms with E-state index in [4.69, 9.17) is 28.6 Å². The van der Waals surface area contributed by atoms with Gasteiger partial charge in [0.25, 0.3) is 5.17 Å². The molecule has 1 heterocycles. The van der Waals surface area contributed by atoms with E-state index >= 15 is 0 Å². The fourth-order valence-electron chi connectivity index (χ4n) is 1.57. The fourth-order valence-corrected chi connectivity index (χ4v) is 1.97. The molecule has 1 aliphatic rings. The molecule has 1 fully saturated rings. The number of nitrogens with zero attached hydrogens (tertiary/aromatic N) is 1. The smallest absolute Gasteiger partial charge is 0.264 e. The predicted molar refractivity (Wildman–Crippen MR) is 65.5 cm³/mol. The summed E-state index contributed by atoms with van der Waals surface area (Å²) in [5.74, 6) is 0.747. The van der Waals surface area contributed by atoms with Gasteiger partial charge in [-0.3, -0.25) is 0 Å². The van der Waals surface area contributed by atoms with Crippen molar-refractivity contribution in [2.24, 2.45) is 0 Å². The van der Waals surface area contributed by atoms with Crippen molar-refractivity contribution < 1.29 is 4.74 Å². The van der Waals surface area contributed by atoms with Crippen LogP contribution in [0.2, 0.25) is 5.02 Å². The number of hydrogen-bond acceptors (Lipinski definition) is 2. The average Bonchev–Trinajstić information content (AvgIpc) is 2.74. The van der Waals surface area contributed by atoms with E-state index in [1.807, 2.05) is 12.1 Å². The molecule has 1 aliphatic heterocycles. The van der Waals surface area contributed by atoms with Crippen LogP contribution in [0.4, 0.5) is 0 Å². The molecule has 1 saturated heterocycles. The molecule has 0 saturated carbocycles. The third kappa shape index (κ3) is 2.83. The second-order valence-electron chi connectivity index (χ2n) is 3.52. The Bertz CT molecular complexity index is 346. The Labute approximate surface area is 99.8 Å². The van der Waals surface area contributed by atoms with Crippen LogP contribution in [0.1, 0.15) is 12.8 Å². The number of benzene rings is 1. The van der Waals surface area contributed by atoms with Gasteiger partial charge in [0.2, 0.25) is 0 Å². The van der Waals surface area contributed by atoms with Crippen LogP contribution >= 0.6 is 23.8 Å². The van der Waals surface area contributed by atoms with Crippen LogP contribution in [-0.4, -0.2) is 23.2 Å². The van der Waals surface area contributed by atoms with Gasteiger partial charge in [-0.2, -0.15) is 0 Å². The van der Waals surface area contributed by atoms with E-state index < -0.39 is 0 Å². The lowest BCUT2D eigenvalue weighted by molar-refractivity contribution is 0.407. The summed E-state index contributed by atoms with van der Waals surface area (Å²) in [6.07, 6.45) is 2.40. The largest absolute Gasteiger partial charge is 0.432 e. The summed E-state index contributed by atoms with van der Waals surface area (Å²) in [5.41, 5.74) is 0. The van der Waals surface area contributed by atoms with Crippen molar-refractivity contribution in [1.29, 1.82) is 0 Å². The predicted octanol–water partition coefficient (Wildman–Crippen LogP) is 3.10. The Morgan fingerprint density at radius 1 is 1.20 bits per heavy atom. The van der Waals surface area contributed by atoms with Crippen molar-refractivity contribution in [1.82, 2.24) is 4.90 Å². The highest BCUT2D eigenvalue weighted by molar-refractivity contribution is 7.80. The molecule has 0 bridgehead atoms. The van der Waals surface area contributed by atoms with Crippen LogP contribution in [0.5, 0.6) is 5.75 Å². The van der Waals surface area contributed by atoms with Crippen LogP contribution in [-0.2, 0) is 0 Å². The van der Waals surface area contributed by atoms with E-state index in [9.17, 15) is 0 Å². The maximum atomic E-state index is 5.78. The molecule has 0 N–H and O–H groups in total. The SMILES string of the molecule is S=C(Oc1ccc(Cl)cc1)N1CCCC1. The number of likely N-dealkylation sites (tertiary alicyclic amines) is 1. The molecule has 80 valence electrons. The quantitative estimate of drug-likeness (QED) is 0.701. The minimum atomic E-state index is 0.565. The maximum absolute atomic E-state index is 5.78. The van der Waals surface area contributed by atoms with Crippen LogP contribution in [0.25, 0.3) is 0 Å². The van der Waals surface area contributed by atoms with Crippen molar-refractivity contribution in [2.75, 3.05) is 13.1 Å². The van der Waals surface area contributed by atoms with Gasteiger partial charge >= 0.3 is 0 Å². The third-order valence-electron chi connectivity index (χ3n) is 2.38. The minimum Gasteiger partial charge on any atom is -0.432 e. The van der Waals surface area contributed by atoms with E-state index in [0.29, 0.717) is 10.2 Å². The summed E-state index contributed by atoms with van der Waals surface area (Å²) in [5, 5.41) is 1.27. The highest BCUT2D eigenvalue weighted by Crippen LogP contribution is 2.17. The van der Waals surface area contributed by atoms with Crippen molar-refractivity contribution in [3.05, 3.63) is 29.3 Å². The van der Waals surface area contributed by atoms with Crippen LogP contribution in [0.15, 0.2) is 24.3 Å². The molecule has 0 amide bonds. The van der Waals surface area contributed by atoms with Crippen molar-refractivity contribution >= 4 is 29.0 Å². The highest BCUT2D eigenvalue weighted by atomic mass is 35.5. The molecule has 0 radical (unpaired) electrons. The summed E-state index contributed by atoms with van der Waals surface area (Å²) >= 11 is 11.0. The minimum absolute atomic E-state index is 0.565. The molecule has 0 unspecified atom stereocenters. The molecule has 0 spiro atoms. The molecule has 4 heteroatoms. The molecule has 15 heavy (non-hydrogen) atoms. The van der Waals surface area contributed by atoms with Gasteiger partial charge in [0.05, 0.1) is 0 Å². The highest BCUT2D eigenvalue weighted by Gasteiger charge is 2.16. The molecule has 0 aliphatic carbocycles. The molecular formula is C11H12ClNOS. The first-order valence-electron chi connectivity index (χ1n) is 4.98. The summed E-state index contributed by atoms with van der Waals surface area (Å²) in [6.45, 7) is 2.01. The van der Waals surface area contributed by atoms with E-state index in [0.717, 1.165) is 18.8 Å². The number of rotatable bonds is 1. The summed E-state index contributed by atoms with van der Waals surface area (Å²) < 4.78 is 5.55. The number of halogens is 1. The van der Waals surface area contributed by atoms with E-state index in [1.165, 1.54) is 12.8 Å². The first-order valence-corrected chi connectivity index (χ1v) is 5.76. The average molecular weight is 242 g/mol. The molecule has 0 aromatic heterocycles. The zero-order valence-electron chi connectivity index (χ0n) is 8.28. The summed E-state index contributed by atoms with van der Waals surface area (Å²) in [7, 11) is 0. The Balaban J connectivity index is 1.96. The Morgan fingerprint density at radius 2 is 1.80 bits per heavy atom. The molecule has 2 nitrogen and oxygen atoms in total. The van der Waals surface area contributed by atoms with Crippen LogP contribution < -0.4 is 4.74 Å². The van der Waals surface area contributed by atoms with Gasteiger partial charge in [0, 0.05) is 18.1 Å². The first kappa shape index (κ1) is 10.7. The number of ether oxygens (including phenoxy) is 1. The number of hydrogen-bond donors (Lipinski definition) is 0. The van der Waals surface area contributed by atoms with Gasteiger partial charge < -0.3 is 9.64 Å². The standard InChI is InChI=1S/C11H12ClNOS/c12-9-3-5-10(6-4-9)14-11(15)13-7-1-2-8-13/h3-6H,1-2,7-8H2. The van der Waals surface area contributed by atoms with E-state index in [1.54, 1.807) is 12.1 Å². The molecule has 0 atom stereocenters. The monoisotopic (exact) mass is 241 g/mol. The van der Waals surface area contributed by atoms with Gasteiger partial charge in [-0.1, -0.05) is 11.6 Å². The fraction of sp³-hybridized carbons (Fsp3) is 0.364. The molecule has 2 rings (SSSR count). The van der Waals surface area contributed by atoms with Crippen molar-refractivity contribution in [3.8, 4) is 5.75 Å². The van der Waals surface area contributed by atoms with Crippen molar-refractivity contribution in [3.63, 3.8) is 0 Å². The molecule has 1 aromatic rings. The lowest BCUT2D eigenvalue weighted by Crippen LogP contribution is -2.30. The van der Waals surface area contributed by atoms with Gasteiger partial charge in [-0.25, -0.2) is 0 Å². The zero-order chi connectivity index (χ0) is 10.7. The molecule has 1 aromatic carbocycles. The van der Waals surface area contributed by atoms with E-state index in [2.05, 4.69) is 4.90 Å². The number of thiocarbonyl (C=S) groups is 1. The second-order valence-corrected chi connectivity index (χ2v) is 4.30. The molecular weight excluding hydrogens is 230 g/mol. The summed E-state index contributed by atoms with van der Waals surface area (Å²) in [4.78, 5) is 2.09. The second kappa shape index (κ2) is 4.81. The maximum Gasteiger partial charge on any atom is 0.264 e. The van der Waals surface area contributed by atoms with Gasteiger partial charge in [0.1, 0.15) is 5.75 Å². The topological polar surface area (TPSA) is 12.5 Å². The van der Waals surface area contributed by atoms with Gasteiger partial charge in [-0.05, 0) is 49.3 Å². The lowest BCUT2D eigenvalue weighted by atomic mass is 10.3. The van der Waals surface area contributed by atoms with Crippen LogP contribution in [0.3, 0.4) is 0 Å². The van der Waals surface area contributed by atoms with Gasteiger partial charge in [0.15, 0.2) is 0 Å². The Kier molecular flexibility index (Phi) is 3.44. The first-order chi connectivity index (χ1) is 7.25. The van der Waals surface area contributed by atoms with Crippen molar-refractivity contribution in [2.45, 2.75) is 12.8 Å². The van der Waals surface area contributed by atoms with Crippen LogP contribution in [0, 0.1) is 0 Å². The summed E-state index contributed by atoms with van der Waals surface area (Å²) in [6, 6.07) is 7.24. The van der Waals surface area contributed by atoms with Gasteiger partial charge in [-0.15, -0.1) is 0 Å². The third-order valence-corrected chi connectivity index (χ3v) is 2.98. The van der Waals surface area contributed by atoms with E-state index in [-0.39, 0.29) is 0 Å². The Morgan fingerprint density at radius 3 is 2.40 bits per heavy atom. The lowest BCUT2D eigenvalue weighted by Gasteiger charge is -2.17.